The Bertz CT molecular complexity index is 300. The average molecular weight is 189 g/mol. The molecule has 14 heavy (non-hydrogen) atoms. The van der Waals surface area contributed by atoms with Gasteiger partial charge >= 0.3 is 0 Å². The van der Waals surface area contributed by atoms with Crippen LogP contribution in [-0.4, -0.2) is 0 Å². The van der Waals surface area contributed by atoms with Gasteiger partial charge in [0.25, 0.3) is 0 Å². The monoisotopic (exact) mass is 189 g/mol. The van der Waals surface area contributed by atoms with Gasteiger partial charge in [-0.3, -0.25) is 0 Å². The number of para-hydroxylation sites is 1. The van der Waals surface area contributed by atoms with E-state index in [1.807, 2.05) is 12.3 Å². The maximum atomic E-state index is 3.29. The second-order valence-electron chi connectivity index (χ2n) is 3.99. The summed E-state index contributed by atoms with van der Waals surface area (Å²) in [5, 5.41) is 3.29. The van der Waals surface area contributed by atoms with Gasteiger partial charge < -0.3 is 5.32 Å². The summed E-state index contributed by atoms with van der Waals surface area (Å²) < 4.78 is 0. The fourth-order valence-corrected chi connectivity index (χ4v) is 1.22. The molecule has 0 fully saturated rings. The van der Waals surface area contributed by atoms with Crippen LogP contribution in [0.15, 0.2) is 36.5 Å². The Morgan fingerprint density at radius 3 is 2.64 bits per heavy atom. The molecule has 1 aromatic rings. The van der Waals surface area contributed by atoms with Crippen molar-refractivity contribution in [2.24, 2.45) is 5.92 Å². The molecule has 0 radical (unpaired) electrons. The molecule has 0 unspecified atom stereocenters. The van der Waals surface area contributed by atoms with E-state index in [1.54, 1.807) is 0 Å². The summed E-state index contributed by atoms with van der Waals surface area (Å²) in [7, 11) is 0. The van der Waals surface area contributed by atoms with Crippen LogP contribution < -0.4 is 5.32 Å². The summed E-state index contributed by atoms with van der Waals surface area (Å²) >= 11 is 0. The zero-order chi connectivity index (χ0) is 10.4. The SMILES string of the molecule is Cc1ccccc1N/C=C/CC(C)C. The lowest BCUT2D eigenvalue weighted by Crippen LogP contribution is -1.90. The van der Waals surface area contributed by atoms with Crippen molar-refractivity contribution in [2.75, 3.05) is 5.32 Å². The molecule has 1 aromatic carbocycles. The Hall–Kier alpha value is -1.24. The smallest absolute Gasteiger partial charge is 0.0409 e. The molecule has 0 bridgehead atoms. The molecular formula is C13H19N. The number of nitrogens with one attached hydrogen (secondary N) is 1. The van der Waals surface area contributed by atoms with E-state index in [0.29, 0.717) is 0 Å². The van der Waals surface area contributed by atoms with Crippen molar-refractivity contribution in [3.63, 3.8) is 0 Å². The summed E-state index contributed by atoms with van der Waals surface area (Å²) in [4.78, 5) is 0. The first-order valence-electron chi connectivity index (χ1n) is 5.17. The maximum Gasteiger partial charge on any atom is 0.0409 e. The minimum Gasteiger partial charge on any atom is -0.362 e. The second kappa shape index (κ2) is 5.48. The van der Waals surface area contributed by atoms with Crippen LogP contribution in [-0.2, 0) is 0 Å². The molecule has 76 valence electrons. The van der Waals surface area contributed by atoms with Crippen LogP contribution in [0.1, 0.15) is 25.8 Å². The van der Waals surface area contributed by atoms with E-state index in [4.69, 9.17) is 0 Å². The van der Waals surface area contributed by atoms with E-state index in [2.05, 4.69) is 50.4 Å². The van der Waals surface area contributed by atoms with E-state index in [9.17, 15) is 0 Å². The first-order chi connectivity index (χ1) is 6.70. The fraction of sp³-hybridized carbons (Fsp3) is 0.385. The van der Waals surface area contributed by atoms with Gasteiger partial charge in [0.15, 0.2) is 0 Å². The Morgan fingerprint density at radius 2 is 2.00 bits per heavy atom. The molecule has 1 nitrogen and oxygen atoms in total. The van der Waals surface area contributed by atoms with Gasteiger partial charge in [0, 0.05) is 5.69 Å². The topological polar surface area (TPSA) is 12.0 Å². The summed E-state index contributed by atoms with van der Waals surface area (Å²) in [6, 6.07) is 8.30. The molecule has 0 heterocycles. The van der Waals surface area contributed by atoms with Crippen molar-refractivity contribution >= 4 is 5.69 Å². The third-order valence-corrected chi connectivity index (χ3v) is 2.11. The number of benzene rings is 1. The third-order valence-electron chi connectivity index (χ3n) is 2.11. The summed E-state index contributed by atoms with van der Waals surface area (Å²) in [6.45, 7) is 6.55. The van der Waals surface area contributed by atoms with E-state index < -0.39 is 0 Å². The van der Waals surface area contributed by atoms with Crippen LogP contribution in [0.4, 0.5) is 5.69 Å². The standard InChI is InChI=1S/C13H19N/c1-11(2)7-6-10-14-13-9-5-4-8-12(13)3/h4-6,8-11,14H,7H2,1-3H3/b10-6+. The van der Waals surface area contributed by atoms with Gasteiger partial charge in [-0.05, 0) is 37.1 Å². The second-order valence-corrected chi connectivity index (χ2v) is 3.99. The van der Waals surface area contributed by atoms with Crippen molar-refractivity contribution in [2.45, 2.75) is 27.2 Å². The van der Waals surface area contributed by atoms with Crippen LogP contribution >= 0.6 is 0 Å². The molecule has 1 N–H and O–H groups in total. The minimum atomic E-state index is 0.727. The molecule has 1 heteroatoms. The molecular weight excluding hydrogens is 170 g/mol. The highest BCUT2D eigenvalue weighted by atomic mass is 14.8. The summed E-state index contributed by atoms with van der Waals surface area (Å²) in [5.41, 5.74) is 2.47. The van der Waals surface area contributed by atoms with Crippen LogP contribution in [0, 0.1) is 12.8 Å². The number of hydrogen-bond acceptors (Lipinski definition) is 1. The molecule has 0 saturated heterocycles. The highest BCUT2D eigenvalue weighted by molar-refractivity contribution is 5.51. The van der Waals surface area contributed by atoms with Gasteiger partial charge in [0.1, 0.15) is 0 Å². The van der Waals surface area contributed by atoms with E-state index in [0.717, 1.165) is 12.3 Å². The number of aryl methyl sites for hydroxylation is 1. The van der Waals surface area contributed by atoms with E-state index >= 15 is 0 Å². The first-order valence-corrected chi connectivity index (χ1v) is 5.17. The Kier molecular flexibility index (Phi) is 4.24. The quantitative estimate of drug-likeness (QED) is 0.755. The highest BCUT2D eigenvalue weighted by Crippen LogP contribution is 2.13. The molecule has 0 aromatic heterocycles. The Morgan fingerprint density at radius 1 is 1.29 bits per heavy atom. The summed E-state index contributed by atoms with van der Waals surface area (Å²) in [6.07, 6.45) is 5.33. The Balaban J connectivity index is 2.45. The van der Waals surface area contributed by atoms with Crippen molar-refractivity contribution in [3.05, 3.63) is 42.1 Å². The lowest BCUT2D eigenvalue weighted by molar-refractivity contribution is 0.663. The van der Waals surface area contributed by atoms with Crippen LogP contribution in [0.3, 0.4) is 0 Å². The molecule has 0 spiro atoms. The number of allylic oxidation sites excluding steroid dienone is 1. The van der Waals surface area contributed by atoms with Gasteiger partial charge in [0.05, 0.1) is 0 Å². The first kappa shape index (κ1) is 10.8. The van der Waals surface area contributed by atoms with Gasteiger partial charge in [-0.25, -0.2) is 0 Å². The molecule has 0 aliphatic heterocycles. The van der Waals surface area contributed by atoms with Crippen molar-refractivity contribution in [3.8, 4) is 0 Å². The molecule has 0 atom stereocenters. The zero-order valence-electron chi connectivity index (χ0n) is 9.25. The maximum absolute atomic E-state index is 3.29. The van der Waals surface area contributed by atoms with Gasteiger partial charge in [-0.2, -0.15) is 0 Å². The van der Waals surface area contributed by atoms with Crippen molar-refractivity contribution in [1.29, 1.82) is 0 Å². The highest BCUT2D eigenvalue weighted by Gasteiger charge is 1.92. The van der Waals surface area contributed by atoms with Crippen LogP contribution in [0.25, 0.3) is 0 Å². The number of anilines is 1. The molecule has 0 aliphatic carbocycles. The third kappa shape index (κ3) is 3.65. The van der Waals surface area contributed by atoms with Gasteiger partial charge in [-0.15, -0.1) is 0 Å². The predicted octanol–water partition coefficient (Wildman–Crippen LogP) is 3.97. The van der Waals surface area contributed by atoms with Crippen molar-refractivity contribution in [1.82, 2.24) is 0 Å². The zero-order valence-corrected chi connectivity index (χ0v) is 9.25. The van der Waals surface area contributed by atoms with Crippen LogP contribution in [0.2, 0.25) is 0 Å². The van der Waals surface area contributed by atoms with Gasteiger partial charge in [0.2, 0.25) is 0 Å². The number of hydrogen-bond donors (Lipinski definition) is 1. The normalized spacial score (nSPS) is 11.1. The van der Waals surface area contributed by atoms with Crippen LogP contribution in [0.5, 0.6) is 0 Å². The van der Waals surface area contributed by atoms with Gasteiger partial charge in [-0.1, -0.05) is 38.1 Å². The number of rotatable bonds is 4. The lowest BCUT2D eigenvalue weighted by Gasteiger charge is -2.04. The molecule has 0 aliphatic rings. The fourth-order valence-electron chi connectivity index (χ4n) is 1.22. The minimum absolute atomic E-state index is 0.727. The lowest BCUT2D eigenvalue weighted by atomic mass is 10.1. The summed E-state index contributed by atoms with van der Waals surface area (Å²) in [5.74, 6) is 0.727. The molecule has 0 saturated carbocycles. The molecule has 1 rings (SSSR count). The predicted molar refractivity (Wildman–Crippen MR) is 63.4 cm³/mol. The average Bonchev–Trinajstić information content (AvgIpc) is 2.15. The Labute approximate surface area is 86.8 Å². The van der Waals surface area contributed by atoms with E-state index in [1.165, 1.54) is 11.3 Å². The van der Waals surface area contributed by atoms with Crippen molar-refractivity contribution < 1.29 is 0 Å². The van der Waals surface area contributed by atoms with E-state index in [-0.39, 0.29) is 0 Å². The largest absolute Gasteiger partial charge is 0.362 e. The molecule has 0 amide bonds.